The molecule has 0 aromatic rings. The topological polar surface area (TPSA) is 46.5 Å². The average molecular weight is 332 g/mol. The Bertz CT molecular complexity index is 535. The molecule has 0 spiro atoms. The molecule has 0 aromatic heterocycles. The van der Waals surface area contributed by atoms with E-state index in [-0.39, 0.29) is 23.6 Å². The highest BCUT2D eigenvalue weighted by molar-refractivity contribution is 5.66. The summed E-state index contributed by atoms with van der Waals surface area (Å²) in [6.07, 6.45) is 13.9. The van der Waals surface area contributed by atoms with Crippen molar-refractivity contribution in [3.63, 3.8) is 0 Å². The Morgan fingerprint density at radius 1 is 1.29 bits per heavy atom. The Morgan fingerprint density at radius 2 is 2.08 bits per heavy atom. The molecule has 0 amide bonds. The number of ether oxygens (including phenoxy) is 1. The summed E-state index contributed by atoms with van der Waals surface area (Å²) < 4.78 is 5.56. The summed E-state index contributed by atoms with van der Waals surface area (Å²) in [6.45, 7) is 6.14. The van der Waals surface area contributed by atoms with Crippen LogP contribution in [-0.2, 0) is 9.53 Å². The smallest absolute Gasteiger partial charge is 0.302 e. The second-order valence-electron chi connectivity index (χ2n) is 8.42. The zero-order chi connectivity index (χ0) is 17.3. The van der Waals surface area contributed by atoms with E-state index in [1.807, 2.05) is 0 Å². The van der Waals surface area contributed by atoms with Crippen LogP contribution in [0.4, 0.5) is 0 Å². The average Bonchev–Trinajstić information content (AvgIpc) is 2.59. The van der Waals surface area contributed by atoms with Gasteiger partial charge in [0.1, 0.15) is 6.10 Å². The van der Waals surface area contributed by atoms with E-state index in [1.54, 1.807) is 0 Å². The lowest BCUT2D eigenvalue weighted by atomic mass is 9.55. The fourth-order valence-electron chi connectivity index (χ4n) is 5.24. The van der Waals surface area contributed by atoms with Crippen molar-refractivity contribution in [2.75, 3.05) is 0 Å². The van der Waals surface area contributed by atoms with Crippen LogP contribution in [0.5, 0.6) is 0 Å². The lowest BCUT2D eigenvalue weighted by Gasteiger charge is -2.50. The second-order valence-corrected chi connectivity index (χ2v) is 8.42. The molecule has 0 saturated heterocycles. The number of carbonyl (C=O) groups is 1. The van der Waals surface area contributed by atoms with Crippen molar-refractivity contribution in [1.82, 2.24) is 0 Å². The number of aliphatic hydroxyl groups is 1. The van der Waals surface area contributed by atoms with Crippen molar-refractivity contribution in [1.29, 1.82) is 0 Å². The highest BCUT2D eigenvalue weighted by Crippen LogP contribution is 2.55. The monoisotopic (exact) mass is 332 g/mol. The fourth-order valence-corrected chi connectivity index (χ4v) is 5.24. The van der Waals surface area contributed by atoms with Crippen LogP contribution in [0.15, 0.2) is 23.8 Å². The van der Waals surface area contributed by atoms with Crippen LogP contribution < -0.4 is 0 Å². The number of aliphatic hydroxyl groups excluding tert-OH is 1. The van der Waals surface area contributed by atoms with Crippen LogP contribution >= 0.6 is 0 Å². The molecule has 3 nitrogen and oxygen atoms in total. The molecule has 0 unspecified atom stereocenters. The molecule has 0 radical (unpaired) electrons. The summed E-state index contributed by atoms with van der Waals surface area (Å²) in [5.74, 6) is 1.44. The second kappa shape index (κ2) is 7.03. The van der Waals surface area contributed by atoms with Crippen LogP contribution in [0.25, 0.3) is 0 Å². The third-order valence-electron chi connectivity index (χ3n) is 6.79. The Kier molecular flexibility index (Phi) is 5.19. The minimum atomic E-state index is -0.172. The van der Waals surface area contributed by atoms with Crippen molar-refractivity contribution in [2.45, 2.75) is 77.9 Å². The van der Waals surface area contributed by atoms with Crippen LogP contribution in [0, 0.1) is 23.2 Å². The third-order valence-corrected chi connectivity index (χ3v) is 6.79. The van der Waals surface area contributed by atoms with Crippen molar-refractivity contribution in [3.05, 3.63) is 23.8 Å². The number of hydrogen-bond donors (Lipinski definition) is 1. The van der Waals surface area contributed by atoms with Crippen LogP contribution in [0.1, 0.15) is 65.7 Å². The van der Waals surface area contributed by atoms with Gasteiger partial charge in [0, 0.05) is 13.3 Å². The molecule has 6 atom stereocenters. The van der Waals surface area contributed by atoms with E-state index < -0.39 is 0 Å². The van der Waals surface area contributed by atoms with Gasteiger partial charge in [0.2, 0.25) is 0 Å². The quantitative estimate of drug-likeness (QED) is 0.571. The van der Waals surface area contributed by atoms with Crippen LogP contribution in [-0.4, -0.2) is 23.3 Å². The fraction of sp³-hybridized carbons (Fsp3) is 0.762. The molecule has 1 fully saturated rings. The van der Waals surface area contributed by atoms with Gasteiger partial charge in [-0.15, -0.1) is 0 Å². The number of esters is 1. The Morgan fingerprint density at radius 3 is 2.83 bits per heavy atom. The maximum absolute atomic E-state index is 11.4. The number of hydrogen-bond acceptors (Lipinski definition) is 3. The first-order chi connectivity index (χ1) is 11.4. The van der Waals surface area contributed by atoms with Gasteiger partial charge in [-0.3, -0.25) is 4.79 Å². The van der Waals surface area contributed by atoms with E-state index >= 15 is 0 Å². The summed E-state index contributed by atoms with van der Waals surface area (Å²) >= 11 is 0. The van der Waals surface area contributed by atoms with Crippen molar-refractivity contribution in [3.8, 4) is 0 Å². The van der Waals surface area contributed by atoms with Gasteiger partial charge in [-0.05, 0) is 61.7 Å². The van der Waals surface area contributed by atoms with Gasteiger partial charge in [0.05, 0.1) is 6.10 Å². The summed E-state index contributed by atoms with van der Waals surface area (Å²) in [4.78, 5) is 11.4. The number of rotatable bonds is 1. The molecule has 3 rings (SSSR count). The molecule has 1 N–H and O–H groups in total. The molecule has 1 saturated carbocycles. The lowest BCUT2D eigenvalue weighted by Crippen LogP contribution is -2.42. The zero-order valence-electron chi connectivity index (χ0n) is 15.3. The predicted molar refractivity (Wildman–Crippen MR) is 95.4 cm³/mol. The highest BCUT2D eigenvalue weighted by atomic mass is 16.5. The van der Waals surface area contributed by atoms with E-state index in [0.29, 0.717) is 17.8 Å². The molecule has 0 aliphatic heterocycles. The number of carbonyl (C=O) groups excluding carboxylic acids is 1. The van der Waals surface area contributed by atoms with Gasteiger partial charge < -0.3 is 9.84 Å². The van der Waals surface area contributed by atoms with Gasteiger partial charge >= 0.3 is 5.97 Å². The van der Waals surface area contributed by atoms with Gasteiger partial charge in [-0.2, -0.15) is 0 Å². The SMILES string of the molecule is CC(=O)O[C@@H]1C/C=C/[C@@H]2CC=C3C[C@@H](O)CC[C@]3(C)[C@H]2CC[C@@H]1C. The normalized spacial score (nSPS) is 44.0. The highest BCUT2D eigenvalue weighted by Gasteiger charge is 2.46. The van der Waals surface area contributed by atoms with Crippen LogP contribution in [0.2, 0.25) is 0 Å². The number of allylic oxidation sites excluding steroid dienone is 2. The molecule has 3 heteroatoms. The maximum Gasteiger partial charge on any atom is 0.302 e. The first-order valence-electron chi connectivity index (χ1n) is 9.61. The molecule has 24 heavy (non-hydrogen) atoms. The summed E-state index contributed by atoms with van der Waals surface area (Å²) in [5, 5.41) is 10.1. The minimum absolute atomic E-state index is 0.00677. The van der Waals surface area contributed by atoms with E-state index in [4.69, 9.17) is 4.74 Å². The van der Waals surface area contributed by atoms with Crippen molar-refractivity contribution < 1.29 is 14.6 Å². The van der Waals surface area contributed by atoms with Gasteiger partial charge in [-0.25, -0.2) is 0 Å². The standard InChI is InChI=1S/C21H32O3/c1-14-7-10-19-16(5-4-6-20(14)24-15(2)22)8-9-17-13-18(23)11-12-21(17,19)3/h4-5,9,14,16,18-20,23H,6-8,10-13H2,1-3H3/b5-4+/t14-,16+,18-,19-,20+,21-/m0/s1. The zero-order valence-corrected chi connectivity index (χ0v) is 15.3. The molecule has 134 valence electrons. The molecule has 0 bridgehead atoms. The largest absolute Gasteiger partial charge is 0.462 e. The molecule has 0 aromatic carbocycles. The summed E-state index contributed by atoms with van der Waals surface area (Å²) in [6, 6.07) is 0. The first-order valence-corrected chi connectivity index (χ1v) is 9.61. The predicted octanol–water partition coefficient (Wildman–Crippen LogP) is 4.41. The molecule has 3 aliphatic rings. The van der Waals surface area contributed by atoms with Gasteiger partial charge in [-0.1, -0.05) is 37.6 Å². The van der Waals surface area contributed by atoms with E-state index in [1.165, 1.54) is 18.9 Å². The van der Waals surface area contributed by atoms with Crippen molar-refractivity contribution in [2.24, 2.45) is 23.2 Å². The Labute approximate surface area is 146 Å². The van der Waals surface area contributed by atoms with Crippen LogP contribution in [0.3, 0.4) is 0 Å². The minimum Gasteiger partial charge on any atom is -0.462 e. The van der Waals surface area contributed by atoms with E-state index in [2.05, 4.69) is 32.1 Å². The first kappa shape index (κ1) is 17.7. The van der Waals surface area contributed by atoms with Gasteiger partial charge in [0.25, 0.3) is 0 Å². The Hall–Kier alpha value is -1.09. The van der Waals surface area contributed by atoms with Crippen molar-refractivity contribution >= 4 is 5.97 Å². The Balaban J connectivity index is 1.81. The summed E-state index contributed by atoms with van der Waals surface area (Å²) in [7, 11) is 0. The van der Waals surface area contributed by atoms with E-state index in [9.17, 15) is 9.90 Å². The molecule has 0 heterocycles. The summed E-state index contributed by atoms with van der Waals surface area (Å²) in [5.41, 5.74) is 1.72. The molecular weight excluding hydrogens is 300 g/mol. The number of fused-ring (bicyclic) bond motifs is 3. The molecular formula is C21H32O3. The van der Waals surface area contributed by atoms with Gasteiger partial charge in [0.15, 0.2) is 0 Å². The third kappa shape index (κ3) is 3.46. The van der Waals surface area contributed by atoms with E-state index in [0.717, 1.165) is 38.5 Å². The molecule has 3 aliphatic carbocycles. The lowest BCUT2D eigenvalue weighted by molar-refractivity contribution is -0.148. The maximum atomic E-state index is 11.4.